The molecule has 23 heavy (non-hydrogen) atoms. The molecule has 0 aliphatic heterocycles. The first kappa shape index (κ1) is 21.8. The molecule has 0 heterocycles. The van der Waals surface area contributed by atoms with Crippen molar-refractivity contribution in [3.05, 3.63) is 23.8 Å². The number of halogens is 1. The van der Waals surface area contributed by atoms with Crippen LogP contribution in [0.1, 0.15) is 32.3 Å². The number of aliphatic imine (C=N–C) groups is 1. The van der Waals surface area contributed by atoms with E-state index < -0.39 is 0 Å². The average Bonchev–Trinajstić information content (AvgIpc) is 2.51. The molecule has 0 aliphatic rings. The minimum Gasteiger partial charge on any atom is -0.493 e. The van der Waals surface area contributed by atoms with Crippen LogP contribution in [0.5, 0.6) is 11.5 Å². The van der Waals surface area contributed by atoms with E-state index in [0.29, 0.717) is 11.9 Å². The number of hydrogen-bond acceptors (Lipinski definition) is 3. The molecule has 1 aromatic carbocycles. The van der Waals surface area contributed by atoms with Crippen molar-refractivity contribution in [3.8, 4) is 11.5 Å². The molecule has 0 fully saturated rings. The number of guanidine groups is 1. The van der Waals surface area contributed by atoms with Crippen LogP contribution in [-0.4, -0.2) is 33.3 Å². The molecule has 0 radical (unpaired) electrons. The van der Waals surface area contributed by atoms with Gasteiger partial charge in [0, 0.05) is 13.1 Å². The van der Waals surface area contributed by atoms with Crippen molar-refractivity contribution in [1.82, 2.24) is 5.32 Å². The molecule has 0 amide bonds. The summed E-state index contributed by atoms with van der Waals surface area (Å²) in [4.78, 5) is 4.34. The molecule has 0 unspecified atom stereocenters. The fourth-order valence-electron chi connectivity index (χ4n) is 2.06. The summed E-state index contributed by atoms with van der Waals surface area (Å²) >= 11 is 0. The SMILES string of the molecule is COc1ccc(CCCN=C(N)NCCC(C)C)cc1OC.I. The number of nitrogens with one attached hydrogen (secondary N) is 1. The highest BCUT2D eigenvalue weighted by atomic mass is 127. The van der Waals surface area contributed by atoms with Crippen LogP contribution < -0.4 is 20.5 Å². The predicted molar refractivity (Wildman–Crippen MR) is 107 cm³/mol. The van der Waals surface area contributed by atoms with Crippen LogP contribution in [0.2, 0.25) is 0 Å². The van der Waals surface area contributed by atoms with Crippen molar-refractivity contribution in [2.75, 3.05) is 27.3 Å². The first-order valence-electron chi connectivity index (χ1n) is 7.81. The van der Waals surface area contributed by atoms with E-state index in [1.54, 1.807) is 14.2 Å². The summed E-state index contributed by atoms with van der Waals surface area (Å²) in [6, 6.07) is 5.99. The van der Waals surface area contributed by atoms with Crippen LogP contribution in [0.25, 0.3) is 0 Å². The zero-order valence-electron chi connectivity index (χ0n) is 14.6. The lowest BCUT2D eigenvalue weighted by atomic mass is 10.1. The van der Waals surface area contributed by atoms with Crippen LogP contribution in [0.4, 0.5) is 0 Å². The molecule has 5 nitrogen and oxygen atoms in total. The summed E-state index contributed by atoms with van der Waals surface area (Å²) in [5.41, 5.74) is 7.03. The zero-order valence-corrected chi connectivity index (χ0v) is 16.9. The fraction of sp³-hybridized carbons (Fsp3) is 0.588. The second-order valence-corrected chi connectivity index (χ2v) is 5.67. The van der Waals surface area contributed by atoms with Gasteiger partial charge in [-0.1, -0.05) is 19.9 Å². The molecule has 0 aromatic heterocycles. The Labute approximate surface area is 157 Å². The summed E-state index contributed by atoms with van der Waals surface area (Å²) in [6.07, 6.45) is 2.98. The normalized spacial score (nSPS) is 11.1. The molecule has 0 spiro atoms. The number of methoxy groups -OCH3 is 2. The van der Waals surface area contributed by atoms with Gasteiger partial charge in [0.2, 0.25) is 0 Å². The highest BCUT2D eigenvalue weighted by Crippen LogP contribution is 2.27. The Morgan fingerprint density at radius 3 is 2.52 bits per heavy atom. The van der Waals surface area contributed by atoms with Crippen LogP contribution >= 0.6 is 24.0 Å². The van der Waals surface area contributed by atoms with Gasteiger partial charge in [-0.25, -0.2) is 0 Å². The van der Waals surface area contributed by atoms with Crippen LogP contribution in [0.3, 0.4) is 0 Å². The highest BCUT2D eigenvalue weighted by molar-refractivity contribution is 14.0. The fourth-order valence-corrected chi connectivity index (χ4v) is 2.06. The van der Waals surface area contributed by atoms with Gasteiger partial charge in [-0.15, -0.1) is 24.0 Å². The van der Waals surface area contributed by atoms with Gasteiger partial charge in [0.05, 0.1) is 14.2 Å². The van der Waals surface area contributed by atoms with Gasteiger partial charge in [-0.05, 0) is 42.9 Å². The van der Waals surface area contributed by atoms with E-state index in [2.05, 4.69) is 30.2 Å². The number of nitrogens with two attached hydrogens (primary N) is 1. The molecule has 132 valence electrons. The molecule has 0 saturated carbocycles. The summed E-state index contributed by atoms with van der Waals surface area (Å²) < 4.78 is 10.5. The number of aryl methyl sites for hydroxylation is 1. The second-order valence-electron chi connectivity index (χ2n) is 5.67. The van der Waals surface area contributed by atoms with Crippen molar-refractivity contribution >= 4 is 29.9 Å². The molecule has 1 aromatic rings. The van der Waals surface area contributed by atoms with E-state index in [4.69, 9.17) is 15.2 Å². The Kier molecular flexibility index (Phi) is 11.6. The van der Waals surface area contributed by atoms with Gasteiger partial charge in [-0.3, -0.25) is 4.99 Å². The second kappa shape index (κ2) is 12.3. The minimum atomic E-state index is 0. The number of benzene rings is 1. The van der Waals surface area contributed by atoms with Crippen molar-refractivity contribution in [3.63, 3.8) is 0 Å². The Morgan fingerprint density at radius 1 is 1.22 bits per heavy atom. The van der Waals surface area contributed by atoms with Crippen LogP contribution in [0.15, 0.2) is 23.2 Å². The summed E-state index contributed by atoms with van der Waals surface area (Å²) in [5, 5.41) is 3.14. The third-order valence-corrected chi connectivity index (χ3v) is 3.38. The van der Waals surface area contributed by atoms with Crippen molar-refractivity contribution in [1.29, 1.82) is 0 Å². The largest absolute Gasteiger partial charge is 0.493 e. The topological polar surface area (TPSA) is 68.9 Å². The van der Waals surface area contributed by atoms with Gasteiger partial charge in [-0.2, -0.15) is 0 Å². The number of ether oxygens (including phenoxy) is 2. The van der Waals surface area contributed by atoms with E-state index in [-0.39, 0.29) is 24.0 Å². The van der Waals surface area contributed by atoms with Gasteiger partial charge >= 0.3 is 0 Å². The van der Waals surface area contributed by atoms with Crippen molar-refractivity contribution < 1.29 is 9.47 Å². The minimum absolute atomic E-state index is 0. The van der Waals surface area contributed by atoms with E-state index in [1.807, 2.05) is 12.1 Å². The molecule has 0 bridgehead atoms. The maximum Gasteiger partial charge on any atom is 0.188 e. The molecular formula is C17H30IN3O2. The Bertz CT molecular complexity index is 479. The molecule has 3 N–H and O–H groups in total. The first-order chi connectivity index (χ1) is 10.6. The zero-order chi connectivity index (χ0) is 16.4. The van der Waals surface area contributed by atoms with Crippen LogP contribution in [-0.2, 0) is 6.42 Å². The first-order valence-corrected chi connectivity index (χ1v) is 7.81. The molecule has 0 aliphatic carbocycles. The van der Waals surface area contributed by atoms with E-state index >= 15 is 0 Å². The lowest BCUT2D eigenvalue weighted by Crippen LogP contribution is -2.33. The molecule has 6 heteroatoms. The van der Waals surface area contributed by atoms with Crippen LogP contribution in [0, 0.1) is 5.92 Å². The van der Waals surface area contributed by atoms with Gasteiger partial charge < -0.3 is 20.5 Å². The maximum absolute atomic E-state index is 5.83. The van der Waals surface area contributed by atoms with Crippen molar-refractivity contribution in [2.45, 2.75) is 33.1 Å². The van der Waals surface area contributed by atoms with E-state index in [0.717, 1.165) is 43.9 Å². The number of hydrogen-bond donors (Lipinski definition) is 2. The van der Waals surface area contributed by atoms with Gasteiger partial charge in [0.15, 0.2) is 17.5 Å². The number of rotatable bonds is 9. The van der Waals surface area contributed by atoms with Gasteiger partial charge in [0.1, 0.15) is 0 Å². The number of nitrogens with zero attached hydrogens (tertiary/aromatic N) is 1. The summed E-state index contributed by atoms with van der Waals surface area (Å²) in [6.45, 7) is 5.98. The molecule has 0 atom stereocenters. The monoisotopic (exact) mass is 435 g/mol. The van der Waals surface area contributed by atoms with E-state index in [1.165, 1.54) is 5.56 Å². The van der Waals surface area contributed by atoms with Crippen molar-refractivity contribution in [2.24, 2.45) is 16.6 Å². The third-order valence-electron chi connectivity index (χ3n) is 3.38. The third kappa shape index (κ3) is 8.88. The molecule has 0 saturated heterocycles. The Morgan fingerprint density at radius 2 is 1.91 bits per heavy atom. The lowest BCUT2D eigenvalue weighted by molar-refractivity contribution is 0.354. The maximum atomic E-state index is 5.83. The quantitative estimate of drug-likeness (QED) is 0.271. The Balaban J connectivity index is 0.00000484. The standard InChI is InChI=1S/C17H29N3O2.HI/c1-13(2)9-11-20-17(18)19-10-5-6-14-7-8-15(21-3)16(12-14)22-4;/h7-8,12-13H,5-6,9-11H2,1-4H3,(H3,18,19,20);1H. The lowest BCUT2D eigenvalue weighted by Gasteiger charge is -2.09. The summed E-state index contributed by atoms with van der Waals surface area (Å²) in [5.74, 6) is 2.72. The molecule has 1 rings (SSSR count). The Hall–Kier alpha value is -1.18. The van der Waals surface area contributed by atoms with Gasteiger partial charge in [0.25, 0.3) is 0 Å². The summed E-state index contributed by atoms with van der Waals surface area (Å²) in [7, 11) is 3.29. The predicted octanol–water partition coefficient (Wildman–Crippen LogP) is 3.20. The highest BCUT2D eigenvalue weighted by Gasteiger charge is 2.04. The average molecular weight is 435 g/mol. The van der Waals surface area contributed by atoms with E-state index in [9.17, 15) is 0 Å². The smallest absolute Gasteiger partial charge is 0.188 e. The molecular weight excluding hydrogens is 405 g/mol.